The number of urea groups is 1. The lowest BCUT2D eigenvalue weighted by Crippen LogP contribution is -2.50. The van der Waals surface area contributed by atoms with Crippen LogP contribution in [0.1, 0.15) is 11.1 Å². The van der Waals surface area contributed by atoms with E-state index in [1.165, 1.54) is 0 Å². The smallest absolute Gasteiger partial charge is 0.321 e. The van der Waals surface area contributed by atoms with E-state index >= 15 is 0 Å². The second-order valence-electron chi connectivity index (χ2n) is 7.42. The first kappa shape index (κ1) is 20.3. The Hall–Kier alpha value is -3.00. The van der Waals surface area contributed by atoms with Crippen molar-refractivity contribution in [1.29, 1.82) is 0 Å². The molecule has 0 atom stereocenters. The zero-order valence-electron chi connectivity index (χ0n) is 17.7. The molecule has 0 spiro atoms. The molecule has 8 heteroatoms. The van der Waals surface area contributed by atoms with Gasteiger partial charge in [-0.3, -0.25) is 0 Å². The first-order valence-corrected chi connectivity index (χ1v) is 10.7. The molecule has 0 saturated carbocycles. The van der Waals surface area contributed by atoms with Crippen molar-refractivity contribution in [1.82, 2.24) is 9.88 Å². The molecule has 1 aromatic heterocycles. The third-order valence-corrected chi connectivity index (χ3v) is 6.34. The van der Waals surface area contributed by atoms with Crippen molar-refractivity contribution in [3.63, 3.8) is 0 Å². The number of hydrogen-bond donors (Lipinski definition) is 1. The second kappa shape index (κ2) is 8.39. The van der Waals surface area contributed by atoms with E-state index in [1.807, 2.05) is 43.0 Å². The third-order valence-electron chi connectivity index (χ3n) is 5.21. The normalized spacial score (nSPS) is 14.1. The predicted octanol–water partition coefficient (Wildman–Crippen LogP) is 4.28. The van der Waals surface area contributed by atoms with Crippen molar-refractivity contribution in [2.24, 2.45) is 0 Å². The molecular weight excluding hydrogens is 400 g/mol. The molecule has 0 unspecified atom stereocenters. The summed E-state index contributed by atoms with van der Waals surface area (Å²) < 4.78 is 11.9. The molecule has 3 aromatic rings. The number of carbonyl (C=O) groups excluding carboxylic acids is 1. The number of nitrogens with zero attached hydrogens (tertiary/aromatic N) is 3. The number of aromatic nitrogens is 1. The maximum Gasteiger partial charge on any atom is 0.321 e. The van der Waals surface area contributed by atoms with E-state index in [-0.39, 0.29) is 6.03 Å². The monoisotopic (exact) mass is 426 g/mol. The van der Waals surface area contributed by atoms with Gasteiger partial charge < -0.3 is 24.6 Å². The van der Waals surface area contributed by atoms with Gasteiger partial charge in [0.15, 0.2) is 5.13 Å². The number of anilines is 2. The Morgan fingerprint density at radius 1 is 1.00 bits per heavy atom. The second-order valence-corrected chi connectivity index (χ2v) is 8.40. The number of rotatable bonds is 4. The average Bonchev–Trinajstić information content (AvgIpc) is 3.18. The third kappa shape index (κ3) is 4.00. The number of methoxy groups -OCH3 is 2. The SMILES string of the molecule is COc1ccc(OC)c2sc(N3CCN(C(=O)Nc4cc(C)cc(C)c4)CC3)nc12. The minimum atomic E-state index is -0.0627. The molecule has 2 aromatic carbocycles. The summed E-state index contributed by atoms with van der Waals surface area (Å²) >= 11 is 1.59. The van der Waals surface area contributed by atoms with E-state index in [4.69, 9.17) is 14.5 Å². The lowest BCUT2D eigenvalue weighted by Gasteiger charge is -2.34. The molecule has 1 fully saturated rings. The molecule has 0 bridgehead atoms. The summed E-state index contributed by atoms with van der Waals surface area (Å²) in [6, 6.07) is 9.79. The molecule has 7 nitrogen and oxygen atoms in total. The van der Waals surface area contributed by atoms with Crippen molar-refractivity contribution >= 4 is 38.4 Å². The van der Waals surface area contributed by atoms with Crippen LogP contribution in [0.3, 0.4) is 0 Å². The minimum absolute atomic E-state index is 0.0627. The van der Waals surface area contributed by atoms with Crippen LogP contribution in [0.5, 0.6) is 11.5 Å². The fraction of sp³-hybridized carbons (Fsp3) is 0.364. The quantitative estimate of drug-likeness (QED) is 0.674. The molecule has 30 heavy (non-hydrogen) atoms. The number of benzene rings is 2. The van der Waals surface area contributed by atoms with Crippen LogP contribution in [0, 0.1) is 13.8 Å². The molecule has 4 rings (SSSR count). The van der Waals surface area contributed by atoms with E-state index in [9.17, 15) is 4.79 Å². The van der Waals surface area contributed by atoms with Gasteiger partial charge in [0.2, 0.25) is 0 Å². The van der Waals surface area contributed by atoms with E-state index in [0.29, 0.717) is 13.1 Å². The van der Waals surface area contributed by atoms with Gasteiger partial charge in [-0.1, -0.05) is 17.4 Å². The summed E-state index contributed by atoms with van der Waals surface area (Å²) in [6.07, 6.45) is 0. The number of aryl methyl sites for hydroxylation is 2. The Balaban J connectivity index is 1.45. The van der Waals surface area contributed by atoms with Gasteiger partial charge in [0.05, 0.1) is 14.2 Å². The summed E-state index contributed by atoms with van der Waals surface area (Å²) in [7, 11) is 3.31. The summed E-state index contributed by atoms with van der Waals surface area (Å²) in [5.74, 6) is 1.53. The van der Waals surface area contributed by atoms with E-state index < -0.39 is 0 Å². The lowest BCUT2D eigenvalue weighted by molar-refractivity contribution is 0.208. The largest absolute Gasteiger partial charge is 0.495 e. The molecule has 1 N–H and O–H groups in total. The zero-order chi connectivity index (χ0) is 21.3. The Morgan fingerprint density at radius 3 is 2.27 bits per heavy atom. The van der Waals surface area contributed by atoms with Gasteiger partial charge in [0, 0.05) is 31.9 Å². The number of piperazine rings is 1. The van der Waals surface area contributed by atoms with Crippen molar-refractivity contribution in [3.8, 4) is 11.5 Å². The number of thiazole rings is 1. The number of amides is 2. The fourth-order valence-corrected chi connectivity index (χ4v) is 4.89. The zero-order valence-corrected chi connectivity index (χ0v) is 18.5. The molecule has 1 aliphatic heterocycles. The molecule has 158 valence electrons. The van der Waals surface area contributed by atoms with Crippen molar-refractivity contribution in [3.05, 3.63) is 41.5 Å². The van der Waals surface area contributed by atoms with Gasteiger partial charge in [0.1, 0.15) is 21.7 Å². The molecule has 2 heterocycles. The van der Waals surface area contributed by atoms with Gasteiger partial charge in [-0.25, -0.2) is 9.78 Å². The van der Waals surface area contributed by atoms with Crippen LogP contribution in [-0.4, -0.2) is 56.3 Å². The van der Waals surface area contributed by atoms with Crippen molar-refractivity contribution in [2.75, 3.05) is 50.6 Å². The van der Waals surface area contributed by atoms with Crippen LogP contribution in [0.15, 0.2) is 30.3 Å². The van der Waals surface area contributed by atoms with Crippen molar-refractivity contribution < 1.29 is 14.3 Å². The average molecular weight is 427 g/mol. The van der Waals surface area contributed by atoms with E-state index in [1.54, 1.807) is 25.6 Å². The standard InChI is InChI=1S/C22H26N4O3S/c1-14-11-15(2)13-16(12-14)23-21(27)25-7-9-26(10-8-25)22-24-19-17(28-3)5-6-18(29-4)20(19)30-22/h5-6,11-13H,7-10H2,1-4H3,(H,23,27). The van der Waals surface area contributed by atoms with Gasteiger partial charge in [-0.05, 0) is 49.2 Å². The van der Waals surface area contributed by atoms with Crippen LogP contribution in [0.4, 0.5) is 15.6 Å². The molecule has 2 amide bonds. The molecule has 0 aliphatic carbocycles. The first-order valence-electron chi connectivity index (χ1n) is 9.89. The predicted molar refractivity (Wildman–Crippen MR) is 121 cm³/mol. The lowest BCUT2D eigenvalue weighted by atomic mass is 10.1. The topological polar surface area (TPSA) is 66.9 Å². The van der Waals surface area contributed by atoms with E-state index in [0.717, 1.165) is 56.8 Å². The van der Waals surface area contributed by atoms with Gasteiger partial charge in [-0.2, -0.15) is 0 Å². The first-order chi connectivity index (χ1) is 14.5. The highest BCUT2D eigenvalue weighted by molar-refractivity contribution is 7.22. The highest BCUT2D eigenvalue weighted by atomic mass is 32.1. The maximum atomic E-state index is 12.7. The number of carbonyl (C=O) groups is 1. The Bertz CT molecular complexity index is 1010. The highest BCUT2D eigenvalue weighted by Gasteiger charge is 2.24. The number of hydrogen-bond acceptors (Lipinski definition) is 6. The molecule has 0 radical (unpaired) electrons. The van der Waals surface area contributed by atoms with E-state index in [2.05, 4.69) is 16.3 Å². The number of nitrogens with one attached hydrogen (secondary N) is 1. The van der Waals surface area contributed by atoms with Crippen LogP contribution in [0.2, 0.25) is 0 Å². The van der Waals surface area contributed by atoms with Gasteiger partial charge in [-0.15, -0.1) is 0 Å². The number of fused-ring (bicyclic) bond motifs is 1. The Morgan fingerprint density at radius 2 is 1.63 bits per heavy atom. The summed E-state index contributed by atoms with van der Waals surface area (Å²) in [5, 5.41) is 3.94. The highest BCUT2D eigenvalue weighted by Crippen LogP contribution is 2.40. The minimum Gasteiger partial charge on any atom is -0.495 e. The van der Waals surface area contributed by atoms with Crippen LogP contribution in [-0.2, 0) is 0 Å². The Kier molecular flexibility index (Phi) is 5.67. The summed E-state index contributed by atoms with van der Waals surface area (Å²) in [5.41, 5.74) is 3.92. The Labute approximate surface area is 180 Å². The van der Waals surface area contributed by atoms with Gasteiger partial charge >= 0.3 is 6.03 Å². The van der Waals surface area contributed by atoms with Crippen LogP contribution in [0.25, 0.3) is 10.2 Å². The maximum absolute atomic E-state index is 12.7. The van der Waals surface area contributed by atoms with Gasteiger partial charge in [0.25, 0.3) is 0 Å². The fourth-order valence-electron chi connectivity index (χ4n) is 3.76. The number of ether oxygens (including phenoxy) is 2. The van der Waals surface area contributed by atoms with Crippen LogP contribution >= 0.6 is 11.3 Å². The van der Waals surface area contributed by atoms with Crippen LogP contribution < -0.4 is 19.7 Å². The summed E-state index contributed by atoms with van der Waals surface area (Å²) in [4.78, 5) is 21.5. The van der Waals surface area contributed by atoms with Crippen molar-refractivity contribution in [2.45, 2.75) is 13.8 Å². The molecule has 1 aliphatic rings. The molecular formula is C22H26N4O3S. The molecule has 1 saturated heterocycles. The summed E-state index contributed by atoms with van der Waals surface area (Å²) in [6.45, 7) is 6.80.